The molecule has 5 rings (SSSR count). The van der Waals surface area contributed by atoms with Crippen LogP contribution in [-0.2, 0) is 11.3 Å². The Balaban J connectivity index is 1.34. The summed E-state index contributed by atoms with van der Waals surface area (Å²) in [7, 11) is 1.65. The Kier molecular flexibility index (Phi) is 6.45. The number of carbonyl (C=O) groups is 1. The number of fused-ring (bicyclic) bond motifs is 1. The first-order valence-corrected chi connectivity index (χ1v) is 12.1. The average Bonchev–Trinajstić information content (AvgIpc) is 3.42. The van der Waals surface area contributed by atoms with Gasteiger partial charge in [0.15, 0.2) is 0 Å². The monoisotopic (exact) mass is 469 g/mol. The molecule has 1 unspecified atom stereocenters. The van der Waals surface area contributed by atoms with Gasteiger partial charge < -0.3 is 18.9 Å². The number of benzene rings is 3. The lowest BCUT2D eigenvalue weighted by atomic mass is 10.1. The van der Waals surface area contributed by atoms with Crippen LogP contribution in [0, 0.1) is 13.8 Å². The molecule has 0 N–H and O–H groups in total. The summed E-state index contributed by atoms with van der Waals surface area (Å²) in [5.74, 6) is 2.76. The van der Waals surface area contributed by atoms with Crippen LogP contribution in [0.25, 0.3) is 11.0 Å². The second kappa shape index (κ2) is 9.82. The van der Waals surface area contributed by atoms with Crippen LogP contribution < -0.4 is 14.4 Å². The normalized spacial score (nSPS) is 15.7. The number of anilines is 1. The van der Waals surface area contributed by atoms with Crippen molar-refractivity contribution in [2.75, 3.05) is 25.2 Å². The van der Waals surface area contributed by atoms with Crippen LogP contribution in [0.1, 0.15) is 35.7 Å². The van der Waals surface area contributed by atoms with Gasteiger partial charge in [-0.25, -0.2) is 4.98 Å². The fraction of sp³-hybridized carbons (Fsp3) is 0.310. The number of carbonyl (C=O) groups excluding carboxylic acids is 1. The van der Waals surface area contributed by atoms with Gasteiger partial charge in [0.25, 0.3) is 0 Å². The van der Waals surface area contributed by atoms with E-state index in [9.17, 15) is 4.79 Å². The zero-order valence-corrected chi connectivity index (χ0v) is 20.5. The fourth-order valence-electron chi connectivity index (χ4n) is 4.98. The Bertz CT molecular complexity index is 1340. The molecule has 1 fully saturated rings. The van der Waals surface area contributed by atoms with E-state index >= 15 is 0 Å². The molecule has 1 aromatic heterocycles. The van der Waals surface area contributed by atoms with Gasteiger partial charge >= 0.3 is 0 Å². The van der Waals surface area contributed by atoms with E-state index in [1.54, 1.807) is 7.11 Å². The van der Waals surface area contributed by atoms with Crippen molar-refractivity contribution in [3.05, 3.63) is 83.7 Å². The molecule has 2 heterocycles. The highest BCUT2D eigenvalue weighted by Gasteiger charge is 2.35. The van der Waals surface area contributed by atoms with Crippen molar-refractivity contribution in [3.63, 3.8) is 0 Å². The number of hydrogen-bond donors (Lipinski definition) is 0. The van der Waals surface area contributed by atoms with Crippen molar-refractivity contribution in [1.29, 1.82) is 0 Å². The van der Waals surface area contributed by atoms with Gasteiger partial charge in [0.05, 0.1) is 24.8 Å². The summed E-state index contributed by atoms with van der Waals surface area (Å²) < 4.78 is 13.5. The number of rotatable bonds is 8. The van der Waals surface area contributed by atoms with Gasteiger partial charge in [-0.2, -0.15) is 0 Å². The lowest BCUT2D eigenvalue weighted by Crippen LogP contribution is -2.24. The third kappa shape index (κ3) is 4.87. The molecule has 1 aliphatic rings. The van der Waals surface area contributed by atoms with E-state index in [1.165, 1.54) is 11.1 Å². The quantitative estimate of drug-likeness (QED) is 0.313. The van der Waals surface area contributed by atoms with Gasteiger partial charge in [-0.3, -0.25) is 4.79 Å². The molecule has 3 aromatic carbocycles. The Hall–Kier alpha value is -3.80. The Morgan fingerprint density at radius 2 is 1.74 bits per heavy atom. The molecule has 0 aliphatic carbocycles. The van der Waals surface area contributed by atoms with E-state index < -0.39 is 0 Å². The summed E-state index contributed by atoms with van der Waals surface area (Å²) in [4.78, 5) is 19.9. The van der Waals surface area contributed by atoms with Crippen LogP contribution in [0.15, 0.2) is 66.7 Å². The van der Waals surface area contributed by atoms with Gasteiger partial charge in [-0.05, 0) is 67.8 Å². The fourth-order valence-corrected chi connectivity index (χ4v) is 4.98. The van der Waals surface area contributed by atoms with Gasteiger partial charge in [0.2, 0.25) is 5.91 Å². The van der Waals surface area contributed by atoms with E-state index in [4.69, 9.17) is 14.5 Å². The highest BCUT2D eigenvalue weighted by molar-refractivity contribution is 5.96. The third-order valence-electron chi connectivity index (χ3n) is 6.53. The molecule has 1 atom stereocenters. The van der Waals surface area contributed by atoms with Crippen molar-refractivity contribution in [3.8, 4) is 11.5 Å². The maximum Gasteiger partial charge on any atom is 0.227 e. The molecule has 0 saturated carbocycles. The largest absolute Gasteiger partial charge is 0.497 e. The molecule has 0 spiro atoms. The Labute approximate surface area is 206 Å². The number of amides is 1. The van der Waals surface area contributed by atoms with E-state index in [1.807, 2.05) is 47.4 Å². The minimum Gasteiger partial charge on any atom is -0.497 e. The minimum atomic E-state index is 0.0509. The van der Waals surface area contributed by atoms with Gasteiger partial charge in [0, 0.05) is 37.2 Å². The summed E-state index contributed by atoms with van der Waals surface area (Å²) >= 11 is 0. The van der Waals surface area contributed by atoms with Gasteiger partial charge in [-0.1, -0.05) is 24.3 Å². The number of imidazole rings is 1. The van der Waals surface area contributed by atoms with Crippen LogP contribution >= 0.6 is 0 Å². The predicted molar refractivity (Wildman–Crippen MR) is 138 cm³/mol. The van der Waals surface area contributed by atoms with Crippen molar-refractivity contribution in [2.24, 2.45) is 0 Å². The van der Waals surface area contributed by atoms with Crippen molar-refractivity contribution >= 4 is 22.6 Å². The summed E-state index contributed by atoms with van der Waals surface area (Å²) in [6.07, 6.45) is 1.29. The second-order valence-corrected chi connectivity index (χ2v) is 9.24. The molecule has 4 aromatic rings. The summed E-state index contributed by atoms with van der Waals surface area (Å²) in [6, 6.07) is 22.2. The average molecular weight is 470 g/mol. The van der Waals surface area contributed by atoms with Gasteiger partial charge in [0.1, 0.15) is 17.3 Å². The number of aryl methyl sites for hydroxylation is 3. The molecule has 6 heteroatoms. The summed E-state index contributed by atoms with van der Waals surface area (Å²) in [5.41, 5.74) is 5.37. The van der Waals surface area contributed by atoms with E-state index in [0.29, 0.717) is 19.6 Å². The zero-order chi connectivity index (χ0) is 24.4. The first-order valence-electron chi connectivity index (χ1n) is 12.1. The lowest BCUT2D eigenvalue weighted by Gasteiger charge is -2.19. The minimum absolute atomic E-state index is 0.0509. The third-order valence-corrected chi connectivity index (χ3v) is 6.53. The first-order chi connectivity index (χ1) is 17.0. The summed E-state index contributed by atoms with van der Waals surface area (Å²) in [5, 5.41) is 0. The molecule has 35 heavy (non-hydrogen) atoms. The molecule has 1 saturated heterocycles. The van der Waals surface area contributed by atoms with Crippen molar-refractivity contribution in [2.45, 2.75) is 39.2 Å². The van der Waals surface area contributed by atoms with Crippen molar-refractivity contribution in [1.82, 2.24) is 9.55 Å². The molecule has 180 valence electrons. The molecule has 1 aliphatic heterocycles. The van der Waals surface area contributed by atoms with Crippen molar-refractivity contribution < 1.29 is 14.3 Å². The van der Waals surface area contributed by atoms with E-state index in [-0.39, 0.29) is 11.8 Å². The van der Waals surface area contributed by atoms with Crippen LogP contribution in [-0.4, -0.2) is 35.7 Å². The van der Waals surface area contributed by atoms with Crippen LogP contribution in [0.2, 0.25) is 0 Å². The number of nitrogens with zero attached hydrogens (tertiary/aromatic N) is 3. The number of hydrogen-bond acceptors (Lipinski definition) is 4. The standard InChI is InChI=1S/C29H31N3O3/c1-20-14-21(2)16-23(15-20)32-19-22(17-28(32)33)29-30-26-10-4-5-11-27(26)31(29)12-7-13-35-25-9-6-8-24(18-25)34-3/h4-6,8-11,14-16,18,22H,7,12-13,17,19H2,1-3H3. The number of para-hydroxylation sites is 2. The molecule has 6 nitrogen and oxygen atoms in total. The molecular weight excluding hydrogens is 438 g/mol. The molecule has 0 bridgehead atoms. The lowest BCUT2D eigenvalue weighted by molar-refractivity contribution is -0.117. The topological polar surface area (TPSA) is 56.6 Å². The highest BCUT2D eigenvalue weighted by Crippen LogP contribution is 2.34. The zero-order valence-electron chi connectivity index (χ0n) is 20.5. The Morgan fingerprint density at radius 3 is 2.54 bits per heavy atom. The maximum absolute atomic E-state index is 13.0. The van der Waals surface area contributed by atoms with Crippen LogP contribution in [0.4, 0.5) is 5.69 Å². The Morgan fingerprint density at radius 1 is 0.971 bits per heavy atom. The van der Waals surface area contributed by atoms with Crippen LogP contribution in [0.3, 0.4) is 0 Å². The van der Waals surface area contributed by atoms with E-state index in [0.717, 1.165) is 47.0 Å². The SMILES string of the molecule is COc1cccc(OCCCn2c(C3CC(=O)N(c4cc(C)cc(C)c4)C3)nc3ccccc32)c1. The van der Waals surface area contributed by atoms with Gasteiger partial charge in [-0.15, -0.1) is 0 Å². The summed E-state index contributed by atoms with van der Waals surface area (Å²) in [6.45, 7) is 6.14. The first kappa shape index (κ1) is 23.0. The highest BCUT2D eigenvalue weighted by atomic mass is 16.5. The smallest absolute Gasteiger partial charge is 0.227 e. The predicted octanol–water partition coefficient (Wildman–Crippen LogP) is 5.65. The second-order valence-electron chi connectivity index (χ2n) is 9.24. The molecule has 0 radical (unpaired) electrons. The van der Waals surface area contributed by atoms with E-state index in [2.05, 4.69) is 42.7 Å². The van der Waals surface area contributed by atoms with Crippen LogP contribution in [0.5, 0.6) is 11.5 Å². The number of methoxy groups -OCH3 is 1. The molecule has 1 amide bonds. The number of aromatic nitrogens is 2. The molecular formula is C29H31N3O3. The number of ether oxygens (including phenoxy) is 2. The maximum atomic E-state index is 13.0.